The second kappa shape index (κ2) is 14.5. The maximum atomic E-state index is 11.8. The second-order valence-electron chi connectivity index (χ2n) is 11.5. The first kappa shape index (κ1) is 31.4. The van der Waals surface area contributed by atoms with Gasteiger partial charge in [-0.15, -0.1) is 13.2 Å². The summed E-state index contributed by atoms with van der Waals surface area (Å²) in [5.74, 6) is 0. The molecule has 6 nitrogen and oxygen atoms in total. The van der Waals surface area contributed by atoms with Gasteiger partial charge >= 0.3 is 0 Å². The summed E-state index contributed by atoms with van der Waals surface area (Å²) in [6, 6.07) is 19.9. The van der Waals surface area contributed by atoms with Crippen LogP contribution >= 0.6 is 0 Å². The second-order valence-corrected chi connectivity index (χ2v) is 16.3. The smallest absolute Gasteiger partial charge is 0.192 e. The fourth-order valence-electron chi connectivity index (χ4n) is 4.44. The van der Waals surface area contributed by atoms with E-state index in [4.69, 9.17) is 23.4 Å². The van der Waals surface area contributed by atoms with Crippen LogP contribution in [-0.2, 0) is 36.6 Å². The van der Waals surface area contributed by atoms with Gasteiger partial charge < -0.3 is 28.5 Å². The first-order valence-corrected chi connectivity index (χ1v) is 16.6. The van der Waals surface area contributed by atoms with Crippen molar-refractivity contribution in [2.45, 2.75) is 88.7 Å². The summed E-state index contributed by atoms with van der Waals surface area (Å²) in [5.41, 5.74) is 2.04. The number of benzene rings is 2. The summed E-state index contributed by atoms with van der Waals surface area (Å²) in [7, 11) is -2.32. The molecule has 0 bridgehead atoms. The topological polar surface area (TPSA) is 66.4 Å². The number of ether oxygens (including phenoxy) is 4. The lowest BCUT2D eigenvalue weighted by Gasteiger charge is -2.51. The van der Waals surface area contributed by atoms with Crippen LogP contribution in [0.25, 0.3) is 0 Å². The van der Waals surface area contributed by atoms with Gasteiger partial charge in [0.15, 0.2) is 8.32 Å². The number of rotatable bonds is 14. The Morgan fingerprint density at radius 3 is 1.54 bits per heavy atom. The molecule has 7 heteroatoms. The Labute approximate surface area is 235 Å². The zero-order valence-electron chi connectivity index (χ0n) is 24.1. The summed E-state index contributed by atoms with van der Waals surface area (Å²) in [4.78, 5) is 0. The van der Waals surface area contributed by atoms with Crippen molar-refractivity contribution in [3.8, 4) is 0 Å². The van der Waals surface area contributed by atoms with Gasteiger partial charge in [0.05, 0.1) is 26.4 Å². The lowest BCUT2D eigenvalue weighted by Crippen LogP contribution is -2.68. The van der Waals surface area contributed by atoms with Crippen LogP contribution in [0, 0.1) is 0 Å². The van der Waals surface area contributed by atoms with Crippen molar-refractivity contribution in [1.29, 1.82) is 0 Å². The molecule has 0 amide bonds. The average Bonchev–Trinajstić information content (AvgIpc) is 2.91. The van der Waals surface area contributed by atoms with Crippen molar-refractivity contribution in [2.75, 3.05) is 13.2 Å². The summed E-state index contributed by atoms with van der Waals surface area (Å²) in [6.07, 6.45) is -0.857. The molecule has 6 atom stereocenters. The predicted molar refractivity (Wildman–Crippen MR) is 158 cm³/mol. The highest BCUT2D eigenvalue weighted by Crippen LogP contribution is 2.41. The maximum Gasteiger partial charge on any atom is 0.192 e. The first-order chi connectivity index (χ1) is 18.6. The van der Waals surface area contributed by atoms with Crippen LogP contribution < -0.4 is 0 Å². The Balaban J connectivity index is 2.02. The van der Waals surface area contributed by atoms with Crippen LogP contribution in [0.5, 0.6) is 0 Å². The van der Waals surface area contributed by atoms with Gasteiger partial charge in [0.2, 0.25) is 0 Å². The van der Waals surface area contributed by atoms with E-state index in [0.29, 0.717) is 13.2 Å². The molecule has 0 heterocycles. The van der Waals surface area contributed by atoms with E-state index in [0.717, 1.165) is 11.1 Å². The van der Waals surface area contributed by atoms with E-state index >= 15 is 0 Å². The van der Waals surface area contributed by atoms with Crippen LogP contribution in [0.15, 0.2) is 86.0 Å². The fourth-order valence-corrected chi connectivity index (χ4v) is 5.75. The SMILES string of the molecule is C=CCO[C@H]1[C@H](OCc2ccccc2)[C@@H](OCc2ccccc2)[C@H](OCC=C)[C@H](O)[C@@H]1O[Si](C)(C)C(C)(C)C. The summed E-state index contributed by atoms with van der Waals surface area (Å²) in [5, 5.41) is 11.7. The van der Waals surface area contributed by atoms with Crippen LogP contribution in [0.4, 0.5) is 0 Å². The minimum Gasteiger partial charge on any atom is -0.408 e. The number of hydrogen-bond donors (Lipinski definition) is 1. The Kier molecular flexibility index (Phi) is 11.7. The van der Waals surface area contributed by atoms with E-state index in [1.807, 2.05) is 60.7 Å². The fraction of sp³-hybridized carbons (Fsp3) is 0.500. The molecule has 39 heavy (non-hydrogen) atoms. The highest BCUT2D eigenvalue weighted by atomic mass is 28.4. The molecule has 1 aliphatic carbocycles. The highest BCUT2D eigenvalue weighted by Gasteiger charge is 2.56. The van der Waals surface area contributed by atoms with Crippen LogP contribution in [0.3, 0.4) is 0 Å². The largest absolute Gasteiger partial charge is 0.408 e. The normalized spacial score (nSPS) is 25.8. The van der Waals surface area contributed by atoms with Gasteiger partial charge in [-0.1, -0.05) is 93.6 Å². The molecule has 0 radical (unpaired) electrons. The minimum absolute atomic E-state index is 0.0752. The van der Waals surface area contributed by atoms with Gasteiger partial charge in [-0.05, 0) is 29.3 Å². The van der Waals surface area contributed by atoms with Crippen LogP contribution in [-0.4, -0.2) is 63.3 Å². The standard InChI is InChI=1S/C32H46O6Si/c1-8-20-34-27-26(33)28(38-39(6,7)32(3,4)5)30(35-21-9-2)31(37-23-25-18-14-11-15-19-25)29(27)36-22-24-16-12-10-13-17-24/h8-19,26-31,33H,1-2,20-23H2,3-7H3/t26-,27+,28-,29-,30+,31+/m0/s1. The molecule has 0 saturated heterocycles. The van der Waals surface area contributed by atoms with Crippen LogP contribution in [0.2, 0.25) is 18.1 Å². The average molecular weight is 555 g/mol. The Morgan fingerprint density at radius 2 is 1.10 bits per heavy atom. The van der Waals surface area contributed by atoms with Gasteiger partial charge in [-0.25, -0.2) is 0 Å². The molecule has 0 unspecified atom stereocenters. The van der Waals surface area contributed by atoms with E-state index in [2.05, 4.69) is 47.0 Å². The van der Waals surface area contributed by atoms with E-state index < -0.39 is 44.9 Å². The molecule has 3 rings (SSSR count). The third-order valence-corrected chi connectivity index (χ3v) is 12.1. The van der Waals surface area contributed by atoms with E-state index in [-0.39, 0.29) is 18.3 Å². The highest BCUT2D eigenvalue weighted by molar-refractivity contribution is 6.74. The van der Waals surface area contributed by atoms with Crippen molar-refractivity contribution >= 4 is 8.32 Å². The molecule has 1 saturated carbocycles. The maximum absolute atomic E-state index is 11.8. The molecule has 1 fully saturated rings. The minimum atomic E-state index is -2.32. The molecular formula is C32H46O6Si. The number of hydrogen-bond acceptors (Lipinski definition) is 6. The lowest BCUT2D eigenvalue weighted by molar-refractivity contribution is -0.263. The van der Waals surface area contributed by atoms with Gasteiger partial charge in [0.25, 0.3) is 0 Å². The Morgan fingerprint density at radius 1 is 0.692 bits per heavy atom. The van der Waals surface area contributed by atoms with Gasteiger partial charge in [-0.3, -0.25) is 0 Å². The zero-order chi connectivity index (χ0) is 28.5. The predicted octanol–water partition coefficient (Wildman–Crippen LogP) is 6.06. The van der Waals surface area contributed by atoms with E-state index in [1.54, 1.807) is 12.2 Å². The molecule has 2 aromatic carbocycles. The zero-order valence-corrected chi connectivity index (χ0v) is 25.1. The van der Waals surface area contributed by atoms with Crippen molar-refractivity contribution in [3.05, 3.63) is 97.1 Å². The molecule has 214 valence electrons. The van der Waals surface area contributed by atoms with Crippen LogP contribution in [0.1, 0.15) is 31.9 Å². The quantitative estimate of drug-likeness (QED) is 0.226. The Hall–Kier alpha value is -2.10. The first-order valence-electron chi connectivity index (χ1n) is 13.7. The molecule has 0 aromatic heterocycles. The number of aliphatic hydroxyl groups is 1. The van der Waals surface area contributed by atoms with E-state index in [9.17, 15) is 5.11 Å². The molecule has 1 aliphatic rings. The monoisotopic (exact) mass is 554 g/mol. The molecular weight excluding hydrogens is 508 g/mol. The summed E-state index contributed by atoms with van der Waals surface area (Å²) in [6.45, 7) is 19.7. The molecule has 0 spiro atoms. The lowest BCUT2D eigenvalue weighted by atomic mass is 9.84. The molecule has 1 N–H and O–H groups in total. The van der Waals surface area contributed by atoms with E-state index in [1.165, 1.54) is 0 Å². The van der Waals surface area contributed by atoms with Gasteiger partial charge in [-0.2, -0.15) is 0 Å². The van der Waals surface area contributed by atoms with Gasteiger partial charge in [0, 0.05) is 0 Å². The third kappa shape index (κ3) is 8.44. The van der Waals surface area contributed by atoms with Crippen molar-refractivity contribution < 1.29 is 28.5 Å². The molecule has 0 aliphatic heterocycles. The summed E-state index contributed by atoms with van der Waals surface area (Å²) >= 11 is 0. The van der Waals surface area contributed by atoms with Crippen molar-refractivity contribution in [3.63, 3.8) is 0 Å². The van der Waals surface area contributed by atoms with Gasteiger partial charge in [0.1, 0.15) is 36.6 Å². The Bertz CT molecular complexity index is 1010. The molecule has 2 aromatic rings. The van der Waals surface area contributed by atoms with Crippen molar-refractivity contribution in [1.82, 2.24) is 0 Å². The third-order valence-electron chi connectivity index (χ3n) is 7.59. The number of aliphatic hydroxyl groups excluding tert-OH is 1. The van der Waals surface area contributed by atoms with Crippen molar-refractivity contribution in [2.24, 2.45) is 0 Å². The summed E-state index contributed by atoms with van der Waals surface area (Å²) < 4.78 is 32.5.